The smallest absolute Gasteiger partial charge is 1.00 e. The minimum Gasteiger partial charge on any atom is -1.00 e. The molecule has 0 atom stereocenters. The molecule has 0 aliphatic heterocycles. The monoisotopic (exact) mass is 636 g/mol. The van der Waals surface area contributed by atoms with E-state index in [1.165, 1.54) is 43.2 Å². The van der Waals surface area contributed by atoms with Gasteiger partial charge in [-0.15, -0.1) is 0 Å². The molecule has 0 saturated heterocycles. The van der Waals surface area contributed by atoms with Crippen molar-refractivity contribution < 1.29 is 46.1 Å². The Hall–Kier alpha value is -0.747. The summed E-state index contributed by atoms with van der Waals surface area (Å²) in [6.45, 7) is 14.3. The second kappa shape index (κ2) is 10.5. The third-order valence-electron chi connectivity index (χ3n) is 10.5. The first-order valence-electron chi connectivity index (χ1n) is 15.0. The van der Waals surface area contributed by atoms with E-state index in [4.69, 9.17) is 0 Å². The molecule has 0 nitrogen and oxygen atoms in total. The van der Waals surface area contributed by atoms with Crippen LogP contribution in [0.3, 0.4) is 0 Å². The van der Waals surface area contributed by atoms with E-state index < -0.39 is 21.3 Å². The zero-order valence-corrected chi connectivity index (χ0v) is 28.6. The molecule has 4 bridgehead atoms. The first-order chi connectivity index (χ1) is 17.6. The molecule has 0 unspecified atom stereocenters. The van der Waals surface area contributed by atoms with Crippen LogP contribution in [-0.2, 0) is 32.1 Å². The van der Waals surface area contributed by atoms with Crippen molar-refractivity contribution >= 4 is 3.21 Å². The molecule has 6 aliphatic carbocycles. The molecule has 0 aromatic heterocycles. The Bertz CT molecular complexity index is 1280. The summed E-state index contributed by atoms with van der Waals surface area (Å²) < 4.78 is 4.70. The first-order valence-corrected chi connectivity index (χ1v) is 18.8. The maximum absolute atomic E-state index is 2.66. The van der Waals surface area contributed by atoms with Crippen LogP contribution in [0.15, 0.2) is 57.9 Å². The van der Waals surface area contributed by atoms with Gasteiger partial charge in [0.2, 0.25) is 0 Å². The standard InChI is InChI=1S/C21H25.C10H14.C5H5.2ClH.Zr/c1-20(2,3)16-7-9-18-14(12-16)11-15-13-17(21(4,5)6)8-10-19(15)18;1-7-2-9-4-8(1)5-10(3-7)6-9;1-2-4-5-3-1;;;/h7-13H,1-6H3;7-10H,1-5H2;1-3H,4H2;2*1H;/q;;;;;+2/p-2. The molecular weight excluding hydrogens is 595 g/mol. The number of benzene rings is 2. The van der Waals surface area contributed by atoms with Gasteiger partial charge in [0.05, 0.1) is 0 Å². The summed E-state index contributed by atoms with van der Waals surface area (Å²) in [5.74, 6) is 3.96. The predicted octanol–water partition coefficient (Wildman–Crippen LogP) is 3.45. The molecular formula is C36H44Cl2Zr. The number of halogens is 2. The molecule has 0 spiro atoms. The van der Waals surface area contributed by atoms with E-state index in [1.807, 2.05) is 3.28 Å². The van der Waals surface area contributed by atoms with Gasteiger partial charge in [-0.2, -0.15) is 0 Å². The summed E-state index contributed by atoms with van der Waals surface area (Å²) in [4.78, 5) is 0. The second-order valence-electron chi connectivity index (χ2n) is 15.0. The van der Waals surface area contributed by atoms with Crippen LogP contribution in [0.5, 0.6) is 0 Å². The summed E-state index contributed by atoms with van der Waals surface area (Å²) >= 11 is -2.24. The van der Waals surface area contributed by atoms with Crippen molar-refractivity contribution in [1.82, 2.24) is 0 Å². The molecule has 4 fully saturated rings. The normalized spacial score (nSPS) is 26.4. The van der Waals surface area contributed by atoms with Gasteiger partial charge in [0.25, 0.3) is 0 Å². The largest absolute Gasteiger partial charge is 1.00 e. The van der Waals surface area contributed by atoms with Crippen LogP contribution in [0.2, 0.25) is 0 Å². The van der Waals surface area contributed by atoms with Crippen LogP contribution in [0.4, 0.5) is 0 Å². The van der Waals surface area contributed by atoms with Crippen LogP contribution in [0, 0.1) is 23.7 Å². The van der Waals surface area contributed by atoms with Crippen molar-refractivity contribution in [1.29, 1.82) is 0 Å². The van der Waals surface area contributed by atoms with Gasteiger partial charge < -0.3 is 24.8 Å². The maximum atomic E-state index is 2.66. The first kappa shape index (κ1) is 29.7. The molecule has 0 amide bonds. The summed E-state index contributed by atoms with van der Waals surface area (Å²) in [5, 5.41) is 0. The molecule has 4 saturated carbocycles. The van der Waals surface area contributed by atoms with Crippen molar-refractivity contribution in [3.05, 3.63) is 80.2 Å². The summed E-state index contributed by atoms with van der Waals surface area (Å²) in [6, 6.07) is 15.2. The van der Waals surface area contributed by atoms with E-state index in [1.54, 1.807) is 28.7 Å². The Morgan fingerprint density at radius 3 is 1.56 bits per heavy atom. The van der Waals surface area contributed by atoms with E-state index >= 15 is 0 Å². The number of allylic oxidation sites excluding steroid dienone is 4. The van der Waals surface area contributed by atoms with Crippen LogP contribution in [-0.4, -0.2) is 3.21 Å². The zero-order valence-electron chi connectivity index (χ0n) is 24.6. The van der Waals surface area contributed by atoms with E-state index in [0.717, 1.165) is 23.7 Å². The number of hydrogen-bond donors (Lipinski definition) is 0. The minimum absolute atomic E-state index is 0. The van der Waals surface area contributed by atoms with Gasteiger partial charge in [-0.1, -0.05) is 0 Å². The third kappa shape index (κ3) is 5.00. The Morgan fingerprint density at radius 1 is 0.667 bits per heavy atom. The molecule has 2 aromatic carbocycles. The third-order valence-corrected chi connectivity index (χ3v) is 19.6. The van der Waals surface area contributed by atoms with Gasteiger partial charge in [-0.3, -0.25) is 0 Å². The van der Waals surface area contributed by atoms with Crippen molar-refractivity contribution in [2.75, 3.05) is 0 Å². The summed E-state index contributed by atoms with van der Waals surface area (Å²) in [5.41, 5.74) is 9.85. The SMILES string of the molecule is CC(C)(C)c1ccc2c(c1)[CH]([Zr+2]([C]1=CC=CC1)=[C]1C3CC4CC(C3)CC1C4)c1cc(C(C)(C)C)ccc1-2.[Cl-].[Cl-]. The molecule has 8 rings (SSSR count). The average molecular weight is 639 g/mol. The van der Waals surface area contributed by atoms with Crippen molar-refractivity contribution in [2.45, 2.75) is 94.5 Å². The van der Waals surface area contributed by atoms with Crippen LogP contribution in [0.1, 0.15) is 106 Å². The topological polar surface area (TPSA) is 0 Å². The minimum atomic E-state index is -2.24. The van der Waals surface area contributed by atoms with Gasteiger partial charge >= 0.3 is 234 Å². The van der Waals surface area contributed by atoms with E-state index in [0.29, 0.717) is 3.63 Å². The van der Waals surface area contributed by atoms with E-state index in [-0.39, 0.29) is 35.6 Å². The van der Waals surface area contributed by atoms with Crippen molar-refractivity contribution in [3.8, 4) is 11.1 Å². The van der Waals surface area contributed by atoms with Gasteiger partial charge in [0, 0.05) is 0 Å². The number of hydrogen-bond acceptors (Lipinski definition) is 0. The van der Waals surface area contributed by atoms with Gasteiger partial charge in [-0.05, 0) is 0 Å². The van der Waals surface area contributed by atoms with Gasteiger partial charge in [-0.25, -0.2) is 0 Å². The fourth-order valence-electron chi connectivity index (χ4n) is 8.82. The molecule has 2 aromatic rings. The van der Waals surface area contributed by atoms with Crippen molar-refractivity contribution in [2.24, 2.45) is 23.7 Å². The number of fused-ring (bicyclic) bond motifs is 3. The Kier molecular flexibility index (Phi) is 8.01. The quantitative estimate of drug-likeness (QED) is 0.473. The maximum Gasteiger partial charge on any atom is -1.00 e. The molecule has 0 heterocycles. The average Bonchev–Trinajstić information content (AvgIpc) is 3.46. The molecule has 39 heavy (non-hydrogen) atoms. The van der Waals surface area contributed by atoms with Gasteiger partial charge in [0.1, 0.15) is 0 Å². The van der Waals surface area contributed by atoms with E-state index in [2.05, 4.69) is 99.4 Å². The molecule has 0 radical (unpaired) electrons. The van der Waals surface area contributed by atoms with Crippen LogP contribution >= 0.6 is 0 Å². The predicted molar refractivity (Wildman–Crippen MR) is 155 cm³/mol. The second-order valence-corrected chi connectivity index (χ2v) is 21.5. The van der Waals surface area contributed by atoms with Crippen molar-refractivity contribution in [3.63, 3.8) is 0 Å². The molecule has 3 heteroatoms. The Labute approximate surface area is 257 Å². The van der Waals surface area contributed by atoms with Crippen LogP contribution < -0.4 is 24.8 Å². The Balaban J connectivity index is 0.00000154. The fraction of sp³-hybridized carbons (Fsp3) is 0.528. The van der Waals surface area contributed by atoms with Crippen LogP contribution in [0.25, 0.3) is 11.1 Å². The summed E-state index contributed by atoms with van der Waals surface area (Å²) in [7, 11) is 0. The molecule has 0 N–H and O–H groups in total. The zero-order chi connectivity index (χ0) is 25.7. The fourth-order valence-corrected chi connectivity index (χ4v) is 19.0. The number of rotatable bonds is 2. The van der Waals surface area contributed by atoms with Gasteiger partial charge in [0.15, 0.2) is 0 Å². The molecule has 6 aliphatic rings. The van der Waals surface area contributed by atoms with E-state index in [9.17, 15) is 0 Å². The molecule has 206 valence electrons. The Morgan fingerprint density at radius 2 is 1.15 bits per heavy atom. The summed E-state index contributed by atoms with van der Waals surface area (Å²) in [6.07, 6.45) is 16.3.